The topological polar surface area (TPSA) is 66.5 Å². The molecule has 0 aliphatic heterocycles. The normalized spacial score (nSPS) is 12.9. The van der Waals surface area contributed by atoms with E-state index in [2.05, 4.69) is 4.72 Å². The Morgan fingerprint density at radius 2 is 1.90 bits per heavy atom. The molecule has 1 aromatic rings. The van der Waals surface area contributed by atoms with E-state index in [-0.39, 0.29) is 24.2 Å². The van der Waals surface area contributed by atoms with Gasteiger partial charge in [-0.25, -0.2) is 13.1 Å². The van der Waals surface area contributed by atoms with E-state index < -0.39 is 10.0 Å². The minimum Gasteiger partial charge on any atom is -0.335 e. The third kappa shape index (κ3) is 5.85. The van der Waals surface area contributed by atoms with Crippen LogP contribution in [0.25, 0.3) is 0 Å². The molecule has 0 heterocycles. The second kappa shape index (κ2) is 8.14. The first kappa shape index (κ1) is 17.7. The zero-order valence-corrected chi connectivity index (χ0v) is 13.7. The molecule has 0 aromatic heterocycles. The van der Waals surface area contributed by atoms with Gasteiger partial charge in [-0.3, -0.25) is 4.79 Å². The van der Waals surface area contributed by atoms with E-state index in [1.165, 1.54) is 6.92 Å². The predicted molar refractivity (Wildman–Crippen MR) is 84.3 cm³/mol. The molecular formula is C15H24N2O3S. The van der Waals surface area contributed by atoms with Crippen molar-refractivity contribution in [2.24, 2.45) is 0 Å². The molecule has 0 fully saturated rings. The van der Waals surface area contributed by atoms with Gasteiger partial charge in [-0.1, -0.05) is 37.3 Å². The SMILES string of the molecule is CCCS(=O)(=O)NCCN(C(C)=O)C(C)c1ccccc1. The van der Waals surface area contributed by atoms with Crippen LogP contribution >= 0.6 is 0 Å². The summed E-state index contributed by atoms with van der Waals surface area (Å²) in [4.78, 5) is 13.5. The van der Waals surface area contributed by atoms with Gasteiger partial charge in [0.15, 0.2) is 0 Å². The summed E-state index contributed by atoms with van der Waals surface area (Å²) in [6.07, 6.45) is 0.576. The number of amides is 1. The van der Waals surface area contributed by atoms with Crippen molar-refractivity contribution in [2.75, 3.05) is 18.8 Å². The fraction of sp³-hybridized carbons (Fsp3) is 0.533. The zero-order valence-electron chi connectivity index (χ0n) is 12.9. The van der Waals surface area contributed by atoms with E-state index in [1.807, 2.05) is 44.2 Å². The molecular weight excluding hydrogens is 288 g/mol. The molecule has 0 saturated carbocycles. The number of carbonyl (C=O) groups excluding carboxylic acids is 1. The highest BCUT2D eigenvalue weighted by molar-refractivity contribution is 7.89. The second-order valence-electron chi connectivity index (χ2n) is 5.01. The minimum absolute atomic E-state index is 0.0685. The van der Waals surface area contributed by atoms with Crippen molar-refractivity contribution in [1.82, 2.24) is 9.62 Å². The van der Waals surface area contributed by atoms with Crippen LogP contribution < -0.4 is 4.72 Å². The van der Waals surface area contributed by atoms with Crippen LogP contribution in [0.1, 0.15) is 38.8 Å². The lowest BCUT2D eigenvalue weighted by Crippen LogP contribution is -2.39. The molecule has 0 aliphatic carbocycles. The number of sulfonamides is 1. The van der Waals surface area contributed by atoms with E-state index in [1.54, 1.807) is 4.90 Å². The first-order valence-corrected chi connectivity index (χ1v) is 8.82. The summed E-state index contributed by atoms with van der Waals surface area (Å²) < 4.78 is 25.7. The first-order chi connectivity index (χ1) is 9.87. The molecule has 5 nitrogen and oxygen atoms in total. The van der Waals surface area contributed by atoms with Crippen molar-refractivity contribution in [1.29, 1.82) is 0 Å². The molecule has 21 heavy (non-hydrogen) atoms. The Labute approximate surface area is 127 Å². The van der Waals surface area contributed by atoms with Gasteiger partial charge >= 0.3 is 0 Å². The molecule has 0 saturated heterocycles. The summed E-state index contributed by atoms with van der Waals surface area (Å²) in [5.41, 5.74) is 1.03. The van der Waals surface area contributed by atoms with Crippen LogP contribution in [-0.4, -0.2) is 38.1 Å². The number of benzene rings is 1. The van der Waals surface area contributed by atoms with Crippen LogP contribution in [0.3, 0.4) is 0 Å². The average Bonchev–Trinajstić information content (AvgIpc) is 2.43. The van der Waals surface area contributed by atoms with E-state index in [0.29, 0.717) is 13.0 Å². The molecule has 1 N–H and O–H groups in total. The van der Waals surface area contributed by atoms with E-state index in [4.69, 9.17) is 0 Å². The van der Waals surface area contributed by atoms with Gasteiger partial charge in [0.05, 0.1) is 11.8 Å². The van der Waals surface area contributed by atoms with Gasteiger partial charge in [-0.2, -0.15) is 0 Å². The van der Waals surface area contributed by atoms with Gasteiger partial charge in [0.1, 0.15) is 0 Å². The molecule has 1 rings (SSSR count). The third-order valence-electron chi connectivity index (χ3n) is 3.30. The van der Waals surface area contributed by atoms with E-state index >= 15 is 0 Å². The van der Waals surface area contributed by atoms with Crippen LogP contribution in [0.5, 0.6) is 0 Å². The molecule has 0 aliphatic rings. The molecule has 1 amide bonds. The molecule has 1 unspecified atom stereocenters. The highest BCUT2D eigenvalue weighted by Gasteiger charge is 2.18. The van der Waals surface area contributed by atoms with Crippen molar-refractivity contribution in [3.8, 4) is 0 Å². The number of nitrogens with one attached hydrogen (secondary N) is 1. The Hall–Kier alpha value is -1.40. The monoisotopic (exact) mass is 312 g/mol. The molecule has 6 heteroatoms. The van der Waals surface area contributed by atoms with Crippen molar-refractivity contribution < 1.29 is 13.2 Å². The fourth-order valence-electron chi connectivity index (χ4n) is 2.20. The first-order valence-electron chi connectivity index (χ1n) is 7.17. The maximum atomic E-state index is 11.8. The summed E-state index contributed by atoms with van der Waals surface area (Å²) in [7, 11) is -3.23. The molecule has 0 spiro atoms. The van der Waals surface area contributed by atoms with Crippen LogP contribution in [0.4, 0.5) is 0 Å². The zero-order chi connectivity index (χ0) is 15.9. The lowest BCUT2D eigenvalue weighted by molar-refractivity contribution is -0.130. The van der Waals surface area contributed by atoms with Gasteiger partial charge in [0.2, 0.25) is 15.9 Å². The number of carbonyl (C=O) groups is 1. The van der Waals surface area contributed by atoms with Crippen LogP contribution in [0, 0.1) is 0 Å². The Morgan fingerprint density at radius 3 is 2.43 bits per heavy atom. The Kier molecular flexibility index (Phi) is 6.84. The smallest absolute Gasteiger partial charge is 0.219 e. The summed E-state index contributed by atoms with van der Waals surface area (Å²) in [5.74, 6) is 0.0439. The van der Waals surface area contributed by atoms with Crippen molar-refractivity contribution in [3.63, 3.8) is 0 Å². The van der Waals surface area contributed by atoms with Crippen molar-refractivity contribution >= 4 is 15.9 Å². The Bertz CT molecular complexity index is 543. The largest absolute Gasteiger partial charge is 0.335 e. The number of hydrogen-bond donors (Lipinski definition) is 1. The van der Waals surface area contributed by atoms with Crippen molar-refractivity contribution in [3.05, 3.63) is 35.9 Å². The lowest BCUT2D eigenvalue weighted by Gasteiger charge is -2.28. The molecule has 0 radical (unpaired) electrons. The molecule has 0 bridgehead atoms. The number of hydrogen-bond acceptors (Lipinski definition) is 3. The summed E-state index contributed by atoms with van der Waals surface area (Å²) in [6.45, 7) is 5.85. The highest BCUT2D eigenvalue weighted by Crippen LogP contribution is 2.19. The third-order valence-corrected chi connectivity index (χ3v) is 4.89. The molecule has 118 valence electrons. The van der Waals surface area contributed by atoms with Gasteiger partial charge in [-0.15, -0.1) is 0 Å². The summed E-state index contributed by atoms with van der Waals surface area (Å²) >= 11 is 0. The molecule has 1 atom stereocenters. The predicted octanol–water partition coefficient (Wildman–Crippen LogP) is 1.93. The van der Waals surface area contributed by atoms with Gasteiger partial charge in [-0.05, 0) is 18.9 Å². The standard InChI is InChI=1S/C15H24N2O3S/c1-4-12-21(19,20)16-10-11-17(14(3)18)13(2)15-8-6-5-7-9-15/h5-9,13,16H,4,10-12H2,1-3H3. The maximum absolute atomic E-state index is 11.8. The minimum atomic E-state index is -3.23. The maximum Gasteiger partial charge on any atom is 0.219 e. The summed E-state index contributed by atoms with van der Waals surface area (Å²) in [5, 5.41) is 0. The van der Waals surface area contributed by atoms with Gasteiger partial charge in [0.25, 0.3) is 0 Å². The van der Waals surface area contributed by atoms with E-state index in [0.717, 1.165) is 5.56 Å². The lowest BCUT2D eigenvalue weighted by atomic mass is 10.1. The van der Waals surface area contributed by atoms with Crippen LogP contribution in [-0.2, 0) is 14.8 Å². The van der Waals surface area contributed by atoms with Gasteiger partial charge in [0, 0.05) is 20.0 Å². The number of rotatable bonds is 8. The fourth-order valence-corrected chi connectivity index (χ4v) is 3.28. The second-order valence-corrected chi connectivity index (χ2v) is 6.94. The van der Waals surface area contributed by atoms with Gasteiger partial charge < -0.3 is 4.90 Å². The Balaban J connectivity index is 2.65. The van der Waals surface area contributed by atoms with E-state index in [9.17, 15) is 13.2 Å². The average molecular weight is 312 g/mol. The van der Waals surface area contributed by atoms with Crippen LogP contribution in [0.15, 0.2) is 30.3 Å². The highest BCUT2D eigenvalue weighted by atomic mass is 32.2. The quantitative estimate of drug-likeness (QED) is 0.797. The molecule has 1 aromatic carbocycles. The van der Waals surface area contributed by atoms with Crippen LogP contribution in [0.2, 0.25) is 0 Å². The Morgan fingerprint density at radius 1 is 1.29 bits per heavy atom. The van der Waals surface area contributed by atoms with Crippen molar-refractivity contribution in [2.45, 2.75) is 33.2 Å². The summed E-state index contributed by atoms with van der Waals surface area (Å²) in [6, 6.07) is 9.61. The number of nitrogens with zero attached hydrogens (tertiary/aromatic N) is 1.